The lowest BCUT2D eigenvalue weighted by molar-refractivity contribution is -0.133. The number of carboxylic acids is 1. The van der Waals surface area contributed by atoms with Crippen LogP contribution in [0.4, 0.5) is 4.39 Å². The molecule has 0 unspecified atom stereocenters. The number of nitrogens with zero attached hydrogens (tertiary/aromatic N) is 3. The minimum atomic E-state index is -0.946. The summed E-state index contributed by atoms with van der Waals surface area (Å²) in [6, 6.07) is 4.36. The van der Waals surface area contributed by atoms with Crippen LogP contribution in [0.5, 0.6) is 0 Å². The van der Waals surface area contributed by atoms with Crippen LogP contribution in [0.15, 0.2) is 23.4 Å². The summed E-state index contributed by atoms with van der Waals surface area (Å²) in [6.45, 7) is 0. The maximum atomic E-state index is 13.3. The predicted octanol–water partition coefficient (Wildman–Crippen LogP) is 2.45. The van der Waals surface area contributed by atoms with E-state index in [1.807, 2.05) is 0 Å². The first-order valence-corrected chi connectivity index (χ1v) is 6.55. The molecule has 0 aliphatic heterocycles. The number of hydrogen-bond donors (Lipinski definition) is 1. The predicted molar refractivity (Wildman–Crippen MR) is 69.8 cm³/mol. The summed E-state index contributed by atoms with van der Waals surface area (Å²) < 4.78 is 14.8. The molecule has 0 spiro atoms. The van der Waals surface area contributed by atoms with Crippen molar-refractivity contribution in [1.29, 1.82) is 0 Å². The molecule has 0 radical (unpaired) electrons. The maximum absolute atomic E-state index is 13.3. The second-order valence-electron chi connectivity index (χ2n) is 3.63. The van der Waals surface area contributed by atoms with Gasteiger partial charge in [0, 0.05) is 12.6 Å². The Bertz CT molecular complexity index is 632. The van der Waals surface area contributed by atoms with Gasteiger partial charge < -0.3 is 5.11 Å². The van der Waals surface area contributed by atoms with Crippen molar-refractivity contribution < 1.29 is 14.3 Å². The van der Waals surface area contributed by atoms with E-state index in [2.05, 4.69) is 10.1 Å². The van der Waals surface area contributed by atoms with E-state index < -0.39 is 11.8 Å². The molecule has 0 aliphatic carbocycles. The van der Waals surface area contributed by atoms with E-state index in [1.165, 1.54) is 16.8 Å². The molecule has 0 saturated carbocycles. The molecule has 0 aliphatic rings. The van der Waals surface area contributed by atoms with Crippen LogP contribution in [0.25, 0.3) is 11.4 Å². The van der Waals surface area contributed by atoms with Gasteiger partial charge in [-0.1, -0.05) is 29.4 Å². The van der Waals surface area contributed by atoms with Gasteiger partial charge in [0.05, 0.1) is 10.8 Å². The second-order valence-corrected chi connectivity index (χ2v) is 4.95. The summed E-state index contributed by atoms with van der Waals surface area (Å²) in [5.74, 6) is -1.35. The first-order valence-electron chi connectivity index (χ1n) is 5.19. The average molecular weight is 302 g/mol. The molecular formula is C11H9ClFN3O2S. The summed E-state index contributed by atoms with van der Waals surface area (Å²) in [7, 11) is 1.63. The third kappa shape index (κ3) is 3.05. The van der Waals surface area contributed by atoms with Crippen LogP contribution in [-0.2, 0) is 11.8 Å². The summed E-state index contributed by atoms with van der Waals surface area (Å²) in [6.07, 6.45) is 0. The summed E-state index contributed by atoms with van der Waals surface area (Å²) in [5, 5.41) is 13.1. The fourth-order valence-electron chi connectivity index (χ4n) is 1.41. The van der Waals surface area contributed by atoms with Gasteiger partial charge in [-0.15, -0.1) is 0 Å². The molecule has 1 aromatic heterocycles. The summed E-state index contributed by atoms with van der Waals surface area (Å²) >= 11 is 6.89. The van der Waals surface area contributed by atoms with Gasteiger partial charge in [-0.25, -0.2) is 14.1 Å². The van der Waals surface area contributed by atoms with Gasteiger partial charge in [-0.2, -0.15) is 5.10 Å². The molecular weight excluding hydrogens is 293 g/mol. The Hall–Kier alpha value is -1.60. The molecule has 0 amide bonds. The lowest BCUT2D eigenvalue weighted by atomic mass is 10.2. The van der Waals surface area contributed by atoms with Gasteiger partial charge in [0.2, 0.25) is 0 Å². The molecule has 0 atom stereocenters. The molecule has 0 fully saturated rings. The van der Waals surface area contributed by atoms with Crippen LogP contribution in [0.2, 0.25) is 5.02 Å². The molecule has 19 heavy (non-hydrogen) atoms. The van der Waals surface area contributed by atoms with E-state index in [1.54, 1.807) is 13.1 Å². The van der Waals surface area contributed by atoms with Crippen LogP contribution in [-0.4, -0.2) is 31.6 Å². The van der Waals surface area contributed by atoms with Gasteiger partial charge in [0.1, 0.15) is 5.82 Å². The lowest BCUT2D eigenvalue weighted by Crippen LogP contribution is -2.00. The summed E-state index contributed by atoms with van der Waals surface area (Å²) in [5.41, 5.74) is 0.374. The van der Waals surface area contributed by atoms with Gasteiger partial charge in [0.25, 0.3) is 0 Å². The minimum absolute atomic E-state index is 0.0529. The molecule has 1 heterocycles. The van der Waals surface area contributed by atoms with E-state index in [4.69, 9.17) is 16.7 Å². The Morgan fingerprint density at radius 3 is 3.00 bits per heavy atom. The number of rotatable bonds is 4. The zero-order valence-corrected chi connectivity index (χ0v) is 11.4. The van der Waals surface area contributed by atoms with Crippen molar-refractivity contribution in [2.24, 2.45) is 7.05 Å². The third-order valence-electron chi connectivity index (χ3n) is 2.24. The van der Waals surface area contributed by atoms with Crippen LogP contribution < -0.4 is 0 Å². The number of aryl methyl sites for hydroxylation is 1. The number of benzene rings is 1. The normalized spacial score (nSPS) is 10.7. The fraction of sp³-hybridized carbons (Fsp3) is 0.182. The van der Waals surface area contributed by atoms with E-state index >= 15 is 0 Å². The van der Waals surface area contributed by atoms with E-state index in [-0.39, 0.29) is 16.6 Å². The minimum Gasteiger partial charge on any atom is -0.481 e. The Morgan fingerprint density at radius 1 is 1.58 bits per heavy atom. The van der Waals surface area contributed by atoms with Crippen LogP contribution in [0, 0.1) is 5.82 Å². The molecule has 2 aromatic rings. The zero-order valence-electron chi connectivity index (χ0n) is 9.80. The zero-order chi connectivity index (χ0) is 14.0. The smallest absolute Gasteiger partial charge is 0.313 e. The van der Waals surface area contributed by atoms with Crippen molar-refractivity contribution in [2.75, 3.05) is 5.75 Å². The topological polar surface area (TPSA) is 68.0 Å². The number of halogens is 2. The standard InChI is InChI=1S/C11H9ClFN3O2S/c1-16-11(19-5-8(17)18)14-10(15-16)6-3-2-4-7(13)9(6)12/h2-4H,5H2,1H3,(H,17,18). The van der Waals surface area contributed by atoms with Crippen LogP contribution in [0.1, 0.15) is 0 Å². The SMILES string of the molecule is Cn1nc(-c2cccc(F)c2Cl)nc1SCC(=O)O. The van der Waals surface area contributed by atoms with Crippen LogP contribution >= 0.6 is 23.4 Å². The van der Waals surface area contributed by atoms with Crippen molar-refractivity contribution in [3.63, 3.8) is 0 Å². The number of aliphatic carboxylic acids is 1. The number of carbonyl (C=O) groups is 1. The van der Waals surface area contributed by atoms with Crippen molar-refractivity contribution in [3.8, 4) is 11.4 Å². The second kappa shape index (κ2) is 5.58. The van der Waals surface area contributed by atoms with Gasteiger partial charge >= 0.3 is 5.97 Å². The molecule has 5 nitrogen and oxygen atoms in total. The van der Waals surface area contributed by atoms with Crippen molar-refractivity contribution in [1.82, 2.24) is 14.8 Å². The van der Waals surface area contributed by atoms with Crippen molar-refractivity contribution in [2.45, 2.75) is 5.16 Å². The molecule has 8 heteroatoms. The first kappa shape index (κ1) is 13.8. The Balaban J connectivity index is 2.34. The molecule has 0 bridgehead atoms. The fourth-order valence-corrected chi connectivity index (χ4v) is 2.25. The van der Waals surface area contributed by atoms with Gasteiger partial charge in [-0.05, 0) is 12.1 Å². The van der Waals surface area contributed by atoms with Crippen LogP contribution in [0.3, 0.4) is 0 Å². The number of aromatic nitrogens is 3. The Labute approximate surface area is 117 Å². The monoisotopic (exact) mass is 301 g/mol. The maximum Gasteiger partial charge on any atom is 0.313 e. The van der Waals surface area contributed by atoms with Gasteiger partial charge in [0.15, 0.2) is 11.0 Å². The lowest BCUT2D eigenvalue weighted by Gasteiger charge is -1.99. The van der Waals surface area contributed by atoms with E-state index in [0.717, 1.165) is 11.8 Å². The largest absolute Gasteiger partial charge is 0.481 e. The molecule has 2 rings (SSSR count). The van der Waals surface area contributed by atoms with Crippen molar-refractivity contribution in [3.05, 3.63) is 29.0 Å². The molecule has 1 aromatic carbocycles. The Kier molecular flexibility index (Phi) is 4.06. The number of hydrogen-bond acceptors (Lipinski definition) is 4. The number of thioether (sulfide) groups is 1. The highest BCUT2D eigenvalue weighted by molar-refractivity contribution is 7.99. The van der Waals surface area contributed by atoms with E-state index in [0.29, 0.717) is 10.7 Å². The summed E-state index contributed by atoms with van der Waals surface area (Å²) in [4.78, 5) is 14.7. The quantitative estimate of drug-likeness (QED) is 0.879. The highest BCUT2D eigenvalue weighted by Crippen LogP contribution is 2.29. The highest BCUT2D eigenvalue weighted by atomic mass is 35.5. The van der Waals surface area contributed by atoms with E-state index in [9.17, 15) is 9.18 Å². The molecule has 0 saturated heterocycles. The number of carboxylic acid groups (broad SMARTS) is 1. The average Bonchev–Trinajstić information content (AvgIpc) is 2.71. The third-order valence-corrected chi connectivity index (χ3v) is 3.63. The van der Waals surface area contributed by atoms with Crippen molar-refractivity contribution >= 4 is 29.3 Å². The first-order chi connectivity index (χ1) is 8.99. The Morgan fingerprint density at radius 2 is 2.32 bits per heavy atom. The molecule has 1 N–H and O–H groups in total. The van der Waals surface area contributed by atoms with Gasteiger partial charge in [-0.3, -0.25) is 4.79 Å². The molecule has 100 valence electrons. The highest BCUT2D eigenvalue weighted by Gasteiger charge is 2.15.